The van der Waals surface area contributed by atoms with Crippen molar-refractivity contribution in [3.8, 4) is 16.9 Å². The molecule has 0 unspecified atom stereocenters. The van der Waals surface area contributed by atoms with Gasteiger partial charge in [0.25, 0.3) is 0 Å². The Hall–Kier alpha value is -2.63. The predicted octanol–water partition coefficient (Wildman–Crippen LogP) is 3.58. The Labute approximate surface area is 167 Å². The van der Waals surface area contributed by atoms with Gasteiger partial charge in [-0.3, -0.25) is 9.58 Å². The summed E-state index contributed by atoms with van der Waals surface area (Å²) in [5, 5.41) is 14.8. The van der Waals surface area contributed by atoms with Crippen LogP contribution in [0.3, 0.4) is 0 Å². The van der Waals surface area contributed by atoms with Crippen LogP contribution < -0.4 is 4.74 Å². The molecule has 0 saturated heterocycles. The van der Waals surface area contributed by atoms with Crippen LogP contribution in [0.1, 0.15) is 17.0 Å². The SMILES string of the molecule is Cc1nn(C)c(C)c1CN(C)C[C@H](O)COc1ccc(-c2ccccc2)cc1. The van der Waals surface area contributed by atoms with E-state index in [0.29, 0.717) is 6.54 Å². The van der Waals surface area contributed by atoms with Crippen LogP contribution in [0.15, 0.2) is 54.6 Å². The molecule has 1 atom stereocenters. The molecule has 0 aliphatic rings. The molecule has 5 heteroatoms. The van der Waals surface area contributed by atoms with E-state index in [1.807, 2.05) is 68.2 Å². The van der Waals surface area contributed by atoms with E-state index in [2.05, 4.69) is 29.1 Å². The molecule has 0 radical (unpaired) electrons. The maximum atomic E-state index is 10.3. The van der Waals surface area contributed by atoms with Crippen LogP contribution in [-0.4, -0.2) is 46.1 Å². The number of aryl methyl sites for hydroxylation is 2. The maximum absolute atomic E-state index is 10.3. The van der Waals surface area contributed by atoms with E-state index in [1.165, 1.54) is 11.1 Å². The topological polar surface area (TPSA) is 50.5 Å². The standard InChI is InChI=1S/C23H29N3O2/c1-17-23(18(2)26(4)24-17)15-25(3)14-21(27)16-28-22-12-10-20(11-13-22)19-8-6-5-7-9-19/h5-13,21,27H,14-16H2,1-4H3/t21-/m0/s1. The Kier molecular flexibility index (Phi) is 6.49. The van der Waals surface area contributed by atoms with Crippen molar-refractivity contribution in [2.45, 2.75) is 26.5 Å². The molecule has 2 aromatic carbocycles. The van der Waals surface area contributed by atoms with E-state index >= 15 is 0 Å². The summed E-state index contributed by atoms with van der Waals surface area (Å²) in [6, 6.07) is 18.2. The van der Waals surface area contributed by atoms with E-state index in [4.69, 9.17) is 4.74 Å². The Balaban J connectivity index is 1.49. The number of aliphatic hydroxyl groups is 1. The van der Waals surface area contributed by atoms with Crippen molar-refractivity contribution >= 4 is 0 Å². The molecule has 1 N–H and O–H groups in total. The van der Waals surface area contributed by atoms with Crippen LogP contribution in [0, 0.1) is 13.8 Å². The average molecular weight is 380 g/mol. The van der Waals surface area contributed by atoms with Gasteiger partial charge in [0.1, 0.15) is 18.5 Å². The molecule has 0 fully saturated rings. The predicted molar refractivity (Wildman–Crippen MR) is 112 cm³/mol. The zero-order valence-electron chi connectivity index (χ0n) is 17.1. The van der Waals surface area contributed by atoms with Gasteiger partial charge in [-0.05, 0) is 44.2 Å². The molecule has 0 spiro atoms. The second-order valence-corrected chi connectivity index (χ2v) is 7.32. The van der Waals surface area contributed by atoms with Crippen molar-refractivity contribution in [1.82, 2.24) is 14.7 Å². The summed E-state index contributed by atoms with van der Waals surface area (Å²) in [5.41, 5.74) is 5.74. The van der Waals surface area contributed by atoms with Gasteiger partial charge in [-0.15, -0.1) is 0 Å². The normalized spacial score (nSPS) is 12.4. The molecule has 0 bridgehead atoms. The number of hydrogen-bond donors (Lipinski definition) is 1. The molecule has 1 heterocycles. The number of aliphatic hydroxyl groups excluding tert-OH is 1. The molecule has 0 amide bonds. The highest BCUT2D eigenvalue weighted by atomic mass is 16.5. The lowest BCUT2D eigenvalue weighted by molar-refractivity contribution is 0.0743. The molecule has 3 rings (SSSR count). The third-order valence-corrected chi connectivity index (χ3v) is 5.01. The van der Waals surface area contributed by atoms with Gasteiger partial charge in [0, 0.05) is 31.4 Å². The second kappa shape index (κ2) is 9.04. The molecular formula is C23H29N3O2. The lowest BCUT2D eigenvalue weighted by Crippen LogP contribution is -2.33. The fourth-order valence-electron chi connectivity index (χ4n) is 3.36. The fourth-order valence-corrected chi connectivity index (χ4v) is 3.36. The van der Waals surface area contributed by atoms with Gasteiger partial charge < -0.3 is 9.84 Å². The van der Waals surface area contributed by atoms with Gasteiger partial charge in [-0.2, -0.15) is 5.10 Å². The summed E-state index contributed by atoms with van der Waals surface area (Å²) in [7, 11) is 3.96. The zero-order valence-corrected chi connectivity index (χ0v) is 17.1. The summed E-state index contributed by atoms with van der Waals surface area (Å²) in [6.45, 7) is 5.65. The van der Waals surface area contributed by atoms with E-state index in [9.17, 15) is 5.11 Å². The molecule has 0 saturated carbocycles. The van der Waals surface area contributed by atoms with Crippen molar-refractivity contribution < 1.29 is 9.84 Å². The number of likely N-dealkylation sites (N-methyl/N-ethyl adjacent to an activating group) is 1. The first-order valence-electron chi connectivity index (χ1n) is 9.58. The van der Waals surface area contributed by atoms with Crippen LogP contribution in [0.4, 0.5) is 0 Å². The third kappa shape index (κ3) is 5.00. The van der Waals surface area contributed by atoms with Gasteiger partial charge >= 0.3 is 0 Å². The number of nitrogens with zero attached hydrogens (tertiary/aromatic N) is 3. The minimum Gasteiger partial charge on any atom is -0.491 e. The molecule has 28 heavy (non-hydrogen) atoms. The van der Waals surface area contributed by atoms with E-state index in [1.54, 1.807) is 0 Å². The van der Waals surface area contributed by atoms with Crippen LogP contribution >= 0.6 is 0 Å². The number of hydrogen-bond acceptors (Lipinski definition) is 4. The smallest absolute Gasteiger partial charge is 0.119 e. The summed E-state index contributed by atoms with van der Waals surface area (Å²) < 4.78 is 7.67. The van der Waals surface area contributed by atoms with Crippen LogP contribution in [0.5, 0.6) is 5.75 Å². The minimum atomic E-state index is -0.559. The summed E-state index contributed by atoms with van der Waals surface area (Å²) in [5.74, 6) is 0.764. The molecule has 3 aromatic rings. The number of aromatic nitrogens is 2. The highest BCUT2D eigenvalue weighted by Gasteiger charge is 2.14. The number of rotatable bonds is 8. The molecule has 0 aliphatic heterocycles. The lowest BCUT2D eigenvalue weighted by Gasteiger charge is -2.21. The van der Waals surface area contributed by atoms with Gasteiger partial charge in [0.05, 0.1) is 5.69 Å². The van der Waals surface area contributed by atoms with Crippen molar-refractivity contribution in [2.75, 3.05) is 20.2 Å². The quantitative estimate of drug-likeness (QED) is 0.650. The number of benzene rings is 2. The summed E-state index contributed by atoms with van der Waals surface area (Å²) in [6.07, 6.45) is -0.559. The van der Waals surface area contributed by atoms with Crippen LogP contribution in [0.25, 0.3) is 11.1 Å². The first kappa shape index (κ1) is 20.1. The Morgan fingerprint density at radius 1 is 1.04 bits per heavy atom. The lowest BCUT2D eigenvalue weighted by atomic mass is 10.1. The maximum Gasteiger partial charge on any atom is 0.119 e. The summed E-state index contributed by atoms with van der Waals surface area (Å²) in [4.78, 5) is 2.10. The van der Waals surface area contributed by atoms with E-state index in [-0.39, 0.29) is 6.61 Å². The van der Waals surface area contributed by atoms with Crippen molar-refractivity contribution in [3.05, 3.63) is 71.5 Å². The van der Waals surface area contributed by atoms with Gasteiger partial charge in [0.15, 0.2) is 0 Å². The Morgan fingerprint density at radius 3 is 2.29 bits per heavy atom. The fraction of sp³-hybridized carbons (Fsp3) is 0.348. The monoisotopic (exact) mass is 379 g/mol. The first-order chi connectivity index (χ1) is 13.4. The second-order valence-electron chi connectivity index (χ2n) is 7.32. The van der Waals surface area contributed by atoms with Crippen LogP contribution in [-0.2, 0) is 13.6 Å². The van der Waals surface area contributed by atoms with Gasteiger partial charge in [0.2, 0.25) is 0 Å². The van der Waals surface area contributed by atoms with E-state index < -0.39 is 6.10 Å². The molecule has 0 aliphatic carbocycles. The molecule has 148 valence electrons. The van der Waals surface area contributed by atoms with Crippen molar-refractivity contribution in [2.24, 2.45) is 7.05 Å². The molecule has 1 aromatic heterocycles. The van der Waals surface area contributed by atoms with Crippen molar-refractivity contribution in [3.63, 3.8) is 0 Å². The number of ether oxygens (including phenoxy) is 1. The molecule has 5 nitrogen and oxygen atoms in total. The third-order valence-electron chi connectivity index (χ3n) is 5.01. The average Bonchev–Trinajstić information content (AvgIpc) is 2.93. The minimum absolute atomic E-state index is 0.264. The highest BCUT2D eigenvalue weighted by molar-refractivity contribution is 5.63. The van der Waals surface area contributed by atoms with Crippen LogP contribution in [0.2, 0.25) is 0 Å². The van der Waals surface area contributed by atoms with Gasteiger partial charge in [-0.1, -0.05) is 42.5 Å². The largest absolute Gasteiger partial charge is 0.491 e. The van der Waals surface area contributed by atoms with E-state index in [0.717, 1.165) is 29.2 Å². The summed E-state index contributed by atoms with van der Waals surface area (Å²) >= 11 is 0. The van der Waals surface area contributed by atoms with Crippen molar-refractivity contribution in [1.29, 1.82) is 0 Å². The molecular weight excluding hydrogens is 350 g/mol. The first-order valence-corrected chi connectivity index (χ1v) is 9.58. The van der Waals surface area contributed by atoms with Gasteiger partial charge in [-0.25, -0.2) is 0 Å². The Morgan fingerprint density at radius 2 is 1.68 bits per heavy atom. The Bertz CT molecular complexity index is 888. The highest BCUT2D eigenvalue weighted by Crippen LogP contribution is 2.22. The zero-order chi connectivity index (χ0) is 20.1.